The molecule has 0 radical (unpaired) electrons. The molecule has 0 spiro atoms. The standard InChI is InChI=1S/C13H23NO6/c1-4-18-13(19-5-2,20-6-3)8-7-10(12(16)17)9-11(14)15/h9H,4-8H2,1-3H3,(H2,14,15)(H,16,17). The van der Waals surface area contributed by atoms with E-state index in [1.165, 1.54) is 0 Å². The topological polar surface area (TPSA) is 108 Å². The van der Waals surface area contributed by atoms with Crippen molar-refractivity contribution in [2.24, 2.45) is 5.73 Å². The molecule has 0 aliphatic rings. The third-order valence-electron chi connectivity index (χ3n) is 2.38. The zero-order chi connectivity index (χ0) is 15.6. The van der Waals surface area contributed by atoms with Crippen molar-refractivity contribution in [3.8, 4) is 0 Å². The fourth-order valence-corrected chi connectivity index (χ4v) is 1.70. The number of carbonyl (C=O) groups is 2. The Bertz CT molecular complexity index is 336. The summed E-state index contributed by atoms with van der Waals surface area (Å²) in [5, 5.41) is 9.01. The van der Waals surface area contributed by atoms with Gasteiger partial charge in [0.2, 0.25) is 5.91 Å². The monoisotopic (exact) mass is 289 g/mol. The molecule has 0 saturated carbocycles. The van der Waals surface area contributed by atoms with Crippen LogP contribution in [0.2, 0.25) is 0 Å². The smallest absolute Gasteiger partial charge is 0.331 e. The van der Waals surface area contributed by atoms with Crippen molar-refractivity contribution in [1.82, 2.24) is 0 Å². The number of rotatable bonds is 11. The number of aliphatic carboxylic acids is 1. The molecular weight excluding hydrogens is 266 g/mol. The van der Waals surface area contributed by atoms with Crippen LogP contribution < -0.4 is 5.73 Å². The van der Waals surface area contributed by atoms with Gasteiger partial charge in [-0.3, -0.25) is 4.79 Å². The lowest BCUT2D eigenvalue weighted by Gasteiger charge is -2.32. The predicted octanol–water partition coefficient (Wildman–Crippen LogP) is 1.03. The Morgan fingerprint density at radius 1 is 1.10 bits per heavy atom. The van der Waals surface area contributed by atoms with Gasteiger partial charge in [0.15, 0.2) is 0 Å². The second kappa shape index (κ2) is 9.46. The van der Waals surface area contributed by atoms with Crippen molar-refractivity contribution in [2.45, 2.75) is 39.6 Å². The molecule has 0 fully saturated rings. The summed E-state index contributed by atoms with van der Waals surface area (Å²) < 4.78 is 16.4. The van der Waals surface area contributed by atoms with Gasteiger partial charge in [-0.2, -0.15) is 0 Å². The van der Waals surface area contributed by atoms with E-state index >= 15 is 0 Å². The number of carboxylic acid groups (broad SMARTS) is 1. The molecule has 0 rings (SSSR count). The van der Waals surface area contributed by atoms with Gasteiger partial charge < -0.3 is 25.1 Å². The summed E-state index contributed by atoms with van der Waals surface area (Å²) in [6, 6.07) is 0. The number of carbonyl (C=O) groups excluding carboxylic acids is 1. The van der Waals surface area contributed by atoms with E-state index in [9.17, 15) is 9.59 Å². The van der Waals surface area contributed by atoms with Crippen LogP contribution in [-0.4, -0.2) is 42.8 Å². The molecule has 0 aromatic heterocycles. The van der Waals surface area contributed by atoms with Gasteiger partial charge in [0.1, 0.15) is 0 Å². The zero-order valence-electron chi connectivity index (χ0n) is 12.2. The molecular formula is C13H23NO6. The maximum absolute atomic E-state index is 11.0. The van der Waals surface area contributed by atoms with Gasteiger partial charge in [0, 0.05) is 37.9 Å². The quantitative estimate of drug-likeness (QED) is 0.434. The normalized spacial score (nSPS) is 12.4. The van der Waals surface area contributed by atoms with E-state index in [1.807, 2.05) is 0 Å². The van der Waals surface area contributed by atoms with Crippen LogP contribution in [0.15, 0.2) is 11.6 Å². The van der Waals surface area contributed by atoms with E-state index in [-0.39, 0.29) is 18.4 Å². The molecule has 0 heterocycles. The molecule has 7 heteroatoms. The lowest BCUT2D eigenvalue weighted by atomic mass is 10.1. The molecule has 20 heavy (non-hydrogen) atoms. The molecule has 1 amide bonds. The average Bonchev–Trinajstić information content (AvgIpc) is 2.34. The molecule has 0 aromatic carbocycles. The average molecular weight is 289 g/mol. The van der Waals surface area contributed by atoms with Gasteiger partial charge in [-0.25, -0.2) is 4.79 Å². The number of hydrogen-bond acceptors (Lipinski definition) is 5. The Labute approximate surface area is 118 Å². The largest absolute Gasteiger partial charge is 0.478 e. The summed E-state index contributed by atoms with van der Waals surface area (Å²) in [7, 11) is 0. The highest BCUT2D eigenvalue weighted by molar-refractivity contribution is 5.96. The van der Waals surface area contributed by atoms with Gasteiger partial charge in [-0.15, -0.1) is 0 Å². The van der Waals surface area contributed by atoms with E-state index in [4.69, 9.17) is 25.1 Å². The SMILES string of the molecule is CCOC(CCC(=CC(N)=O)C(=O)O)(OCC)OCC. The lowest BCUT2D eigenvalue weighted by Crippen LogP contribution is -2.39. The zero-order valence-corrected chi connectivity index (χ0v) is 12.2. The van der Waals surface area contributed by atoms with E-state index in [0.717, 1.165) is 6.08 Å². The van der Waals surface area contributed by atoms with E-state index in [1.54, 1.807) is 20.8 Å². The van der Waals surface area contributed by atoms with Crippen LogP contribution in [-0.2, 0) is 23.8 Å². The minimum Gasteiger partial charge on any atom is -0.478 e. The van der Waals surface area contributed by atoms with Crippen LogP contribution in [0.5, 0.6) is 0 Å². The van der Waals surface area contributed by atoms with E-state index in [2.05, 4.69) is 0 Å². The molecule has 3 N–H and O–H groups in total. The third-order valence-corrected chi connectivity index (χ3v) is 2.38. The van der Waals surface area contributed by atoms with Gasteiger partial charge >= 0.3 is 5.97 Å². The Morgan fingerprint density at radius 3 is 1.85 bits per heavy atom. The van der Waals surface area contributed by atoms with Crippen LogP contribution in [0, 0.1) is 0 Å². The second-order valence-corrected chi connectivity index (χ2v) is 3.86. The highest BCUT2D eigenvalue weighted by Crippen LogP contribution is 2.24. The van der Waals surface area contributed by atoms with Crippen molar-refractivity contribution in [1.29, 1.82) is 0 Å². The number of amides is 1. The summed E-state index contributed by atoms with van der Waals surface area (Å²) in [5.41, 5.74) is 4.86. The molecule has 7 nitrogen and oxygen atoms in total. The van der Waals surface area contributed by atoms with Gasteiger partial charge in [0.05, 0.1) is 0 Å². The molecule has 0 aliphatic carbocycles. The van der Waals surface area contributed by atoms with Crippen LogP contribution in [0.4, 0.5) is 0 Å². The molecule has 0 saturated heterocycles. The highest BCUT2D eigenvalue weighted by Gasteiger charge is 2.33. The van der Waals surface area contributed by atoms with Crippen LogP contribution in [0.3, 0.4) is 0 Å². The van der Waals surface area contributed by atoms with Crippen molar-refractivity contribution < 1.29 is 28.9 Å². The van der Waals surface area contributed by atoms with Gasteiger partial charge in [-0.1, -0.05) is 0 Å². The fraction of sp³-hybridized carbons (Fsp3) is 0.692. The summed E-state index contributed by atoms with van der Waals surface area (Å²) in [5.74, 6) is -3.32. The number of ether oxygens (including phenoxy) is 3. The number of nitrogens with two attached hydrogens (primary N) is 1. The van der Waals surface area contributed by atoms with Gasteiger partial charge in [-0.05, 0) is 27.2 Å². The third kappa shape index (κ3) is 6.65. The highest BCUT2D eigenvalue weighted by atomic mass is 16.9. The Balaban J connectivity index is 4.95. The summed E-state index contributed by atoms with van der Waals surface area (Å²) >= 11 is 0. The summed E-state index contributed by atoms with van der Waals surface area (Å²) in [6.07, 6.45) is 1.07. The molecule has 0 unspecified atom stereocenters. The first-order chi connectivity index (χ1) is 9.40. The first-order valence-corrected chi connectivity index (χ1v) is 6.55. The van der Waals surface area contributed by atoms with Crippen molar-refractivity contribution in [3.05, 3.63) is 11.6 Å². The number of hydrogen-bond donors (Lipinski definition) is 2. The molecule has 0 bridgehead atoms. The maximum atomic E-state index is 11.0. The molecule has 0 atom stereocenters. The van der Waals surface area contributed by atoms with Crippen molar-refractivity contribution in [2.75, 3.05) is 19.8 Å². The number of carboxylic acids is 1. The predicted molar refractivity (Wildman–Crippen MR) is 71.8 cm³/mol. The Kier molecular flexibility index (Phi) is 8.78. The maximum Gasteiger partial charge on any atom is 0.331 e. The molecule has 0 aliphatic heterocycles. The van der Waals surface area contributed by atoms with Crippen LogP contribution in [0.1, 0.15) is 33.6 Å². The summed E-state index contributed by atoms with van der Waals surface area (Å²) in [4.78, 5) is 21.8. The number of primary amides is 1. The second-order valence-electron chi connectivity index (χ2n) is 3.86. The molecule has 116 valence electrons. The first-order valence-electron chi connectivity index (χ1n) is 6.55. The fourth-order valence-electron chi connectivity index (χ4n) is 1.70. The van der Waals surface area contributed by atoms with E-state index < -0.39 is 17.8 Å². The Hall–Kier alpha value is -1.44. The van der Waals surface area contributed by atoms with Crippen LogP contribution >= 0.6 is 0 Å². The minimum atomic E-state index is -1.30. The van der Waals surface area contributed by atoms with Crippen molar-refractivity contribution in [3.63, 3.8) is 0 Å². The summed E-state index contributed by atoms with van der Waals surface area (Å²) in [6.45, 7) is 6.39. The van der Waals surface area contributed by atoms with E-state index in [0.29, 0.717) is 19.8 Å². The Morgan fingerprint density at radius 2 is 1.55 bits per heavy atom. The van der Waals surface area contributed by atoms with Crippen molar-refractivity contribution >= 4 is 11.9 Å². The van der Waals surface area contributed by atoms with Gasteiger partial charge in [0.25, 0.3) is 5.97 Å². The lowest BCUT2D eigenvalue weighted by molar-refractivity contribution is -0.379. The van der Waals surface area contributed by atoms with Crippen LogP contribution in [0.25, 0.3) is 0 Å². The first kappa shape index (κ1) is 18.6. The minimum absolute atomic E-state index is 0.0400. The molecule has 0 aromatic rings.